The Morgan fingerprint density at radius 3 is 2.71 bits per heavy atom. The van der Waals surface area contributed by atoms with E-state index >= 15 is 0 Å². The molecule has 0 spiro atoms. The Hall–Kier alpha value is -2.77. The fourth-order valence-corrected chi connectivity index (χ4v) is 4.94. The third-order valence-electron chi connectivity index (χ3n) is 6.73. The molecule has 0 amide bonds. The van der Waals surface area contributed by atoms with Crippen molar-refractivity contribution in [1.82, 2.24) is 15.1 Å². The summed E-state index contributed by atoms with van der Waals surface area (Å²) in [6.45, 7) is 8.56. The lowest BCUT2D eigenvalue weighted by molar-refractivity contribution is -0.113. The summed E-state index contributed by atoms with van der Waals surface area (Å²) in [6, 6.07) is 0. The number of allylic oxidation sites excluding steroid dienone is 5. The van der Waals surface area contributed by atoms with Crippen molar-refractivity contribution in [2.45, 2.75) is 40.0 Å². The molecule has 0 saturated carbocycles. The number of hydrogen-bond donors (Lipinski definition) is 2. The van der Waals surface area contributed by atoms with Gasteiger partial charge >= 0.3 is 0 Å². The Labute approximate surface area is 206 Å². The van der Waals surface area contributed by atoms with Crippen LogP contribution in [0.25, 0.3) is 0 Å². The van der Waals surface area contributed by atoms with E-state index in [1.165, 1.54) is 5.57 Å². The van der Waals surface area contributed by atoms with Gasteiger partial charge in [-0.05, 0) is 76.4 Å². The van der Waals surface area contributed by atoms with Crippen molar-refractivity contribution in [3.05, 3.63) is 58.4 Å². The van der Waals surface area contributed by atoms with Crippen molar-refractivity contribution >= 4 is 34.6 Å². The number of nitrogens with zero attached hydrogens (tertiary/aromatic N) is 4. The number of carbonyl (C=O) groups is 1. The van der Waals surface area contributed by atoms with Crippen LogP contribution in [0.5, 0.6) is 0 Å². The molecule has 0 aromatic heterocycles. The molecule has 1 fully saturated rings. The lowest BCUT2D eigenvalue weighted by Crippen LogP contribution is -2.39. The topological polar surface area (TPSA) is 84.1 Å². The third kappa shape index (κ3) is 5.00. The number of likely N-dealkylation sites (tertiary alicyclic amines) is 1. The summed E-state index contributed by atoms with van der Waals surface area (Å²) in [5.74, 6) is 0.969. The van der Waals surface area contributed by atoms with Gasteiger partial charge in [-0.3, -0.25) is 15.2 Å². The van der Waals surface area contributed by atoms with Crippen molar-refractivity contribution in [3.8, 4) is 0 Å². The number of ketones is 1. The second kappa shape index (κ2) is 10.2. The van der Waals surface area contributed by atoms with Crippen LogP contribution in [0.3, 0.4) is 0 Å². The number of Topliss-reactive ketones (excluding diaryl/α,β-unsaturated/α-hetero) is 1. The Balaban J connectivity index is 1.66. The van der Waals surface area contributed by atoms with Crippen molar-refractivity contribution in [1.29, 1.82) is 5.41 Å². The van der Waals surface area contributed by atoms with Crippen LogP contribution in [0, 0.1) is 11.3 Å². The van der Waals surface area contributed by atoms with Crippen molar-refractivity contribution < 1.29 is 4.79 Å². The maximum atomic E-state index is 12.8. The zero-order valence-corrected chi connectivity index (χ0v) is 21.2. The van der Waals surface area contributed by atoms with E-state index in [0.29, 0.717) is 23.7 Å². The highest BCUT2D eigenvalue weighted by molar-refractivity contribution is 6.32. The van der Waals surface area contributed by atoms with E-state index in [-0.39, 0.29) is 17.4 Å². The van der Waals surface area contributed by atoms with E-state index in [2.05, 4.69) is 46.4 Å². The highest BCUT2D eigenvalue weighted by Gasteiger charge is 2.31. The maximum absolute atomic E-state index is 12.8. The average Bonchev–Trinajstić information content (AvgIpc) is 2.84. The average molecular weight is 481 g/mol. The van der Waals surface area contributed by atoms with E-state index in [1.54, 1.807) is 6.08 Å². The Bertz CT molecular complexity index is 1110. The van der Waals surface area contributed by atoms with Gasteiger partial charge in [0.1, 0.15) is 5.84 Å². The van der Waals surface area contributed by atoms with E-state index in [4.69, 9.17) is 22.0 Å². The zero-order valence-electron chi connectivity index (χ0n) is 20.4. The molecular formula is C26H33ClN6O. The molecule has 180 valence electrons. The molecule has 4 aliphatic heterocycles. The Morgan fingerprint density at radius 2 is 2.03 bits per heavy atom. The second-order valence-corrected chi connectivity index (χ2v) is 9.56. The number of alkyl halides is 1. The number of fused-ring (bicyclic) bond motifs is 1. The molecule has 8 heteroatoms. The Morgan fingerprint density at radius 1 is 1.29 bits per heavy atom. The van der Waals surface area contributed by atoms with Crippen LogP contribution in [-0.2, 0) is 4.79 Å². The molecule has 0 bridgehead atoms. The fraction of sp³-hybridized carbons (Fsp3) is 0.462. The standard InChI is InChI=1S/C26H33ClN6O/c1-5-22-23(29-13-17(3)30-22)11-21(28)25-20(24(34)12-27)15-33-14-19(10-16(2)26(33)31-25)18-6-8-32(4)9-7-18/h10-11,13-14,18,28-29H,5-9,12,15H2,1-4H3/b23-11-,28-21?. The van der Waals surface area contributed by atoms with Crippen LogP contribution >= 0.6 is 11.6 Å². The number of aliphatic imine (C=N–C) groups is 2. The lowest BCUT2D eigenvalue weighted by atomic mass is 9.87. The van der Waals surface area contributed by atoms with Crippen LogP contribution < -0.4 is 5.32 Å². The molecule has 0 aliphatic carbocycles. The summed E-state index contributed by atoms with van der Waals surface area (Å²) >= 11 is 5.97. The highest BCUT2D eigenvalue weighted by atomic mass is 35.5. The minimum atomic E-state index is -0.194. The molecule has 0 unspecified atom stereocenters. The molecule has 4 rings (SSSR count). The van der Waals surface area contributed by atoms with Crippen LogP contribution in [0.1, 0.15) is 40.0 Å². The molecule has 4 aliphatic rings. The molecule has 0 atom stereocenters. The number of carbonyl (C=O) groups excluding carboxylic acids is 1. The van der Waals surface area contributed by atoms with Gasteiger partial charge in [0, 0.05) is 18.0 Å². The Kier molecular flexibility index (Phi) is 7.33. The first-order chi connectivity index (χ1) is 16.3. The van der Waals surface area contributed by atoms with Gasteiger partial charge in [-0.1, -0.05) is 13.0 Å². The van der Waals surface area contributed by atoms with E-state index < -0.39 is 0 Å². The van der Waals surface area contributed by atoms with Gasteiger partial charge in [0.25, 0.3) is 0 Å². The molecule has 0 radical (unpaired) electrons. The molecule has 0 aromatic rings. The molecule has 1 saturated heterocycles. The fourth-order valence-electron chi connectivity index (χ4n) is 4.78. The van der Waals surface area contributed by atoms with Gasteiger partial charge in [-0.2, -0.15) is 0 Å². The predicted octanol–water partition coefficient (Wildman–Crippen LogP) is 4.17. The van der Waals surface area contributed by atoms with Gasteiger partial charge in [-0.15, -0.1) is 11.6 Å². The first kappa shape index (κ1) is 24.4. The van der Waals surface area contributed by atoms with Gasteiger partial charge in [0.15, 0.2) is 5.78 Å². The van der Waals surface area contributed by atoms with Gasteiger partial charge in [0.2, 0.25) is 0 Å². The molecule has 4 heterocycles. The van der Waals surface area contributed by atoms with Crippen molar-refractivity contribution in [2.75, 3.05) is 32.6 Å². The summed E-state index contributed by atoms with van der Waals surface area (Å²) in [4.78, 5) is 26.6. The van der Waals surface area contributed by atoms with Crippen LogP contribution in [-0.4, -0.2) is 65.4 Å². The summed E-state index contributed by atoms with van der Waals surface area (Å²) in [6.07, 6.45) is 10.9. The predicted molar refractivity (Wildman–Crippen MR) is 139 cm³/mol. The van der Waals surface area contributed by atoms with E-state index in [1.807, 2.05) is 20.0 Å². The van der Waals surface area contributed by atoms with Gasteiger partial charge in [0.05, 0.1) is 40.9 Å². The number of hydrogen-bond acceptors (Lipinski definition) is 7. The SMILES string of the molecule is CCC1=NC(C)=CN/C1=C\C(=N)C1=C(C(=O)CCl)CN2C=C(C3CCN(C)CC3)C=C(C)C2=N1. The van der Waals surface area contributed by atoms with E-state index in [0.717, 1.165) is 60.9 Å². The first-order valence-electron chi connectivity index (χ1n) is 11.9. The van der Waals surface area contributed by atoms with E-state index in [9.17, 15) is 4.79 Å². The molecule has 7 nitrogen and oxygen atoms in total. The molecular weight excluding hydrogens is 448 g/mol. The number of amidine groups is 1. The van der Waals surface area contributed by atoms with Crippen LogP contribution in [0.15, 0.2) is 68.3 Å². The molecule has 34 heavy (non-hydrogen) atoms. The highest BCUT2D eigenvalue weighted by Crippen LogP contribution is 2.32. The number of nitrogens with one attached hydrogen (secondary N) is 2. The largest absolute Gasteiger partial charge is 0.358 e. The quantitative estimate of drug-likeness (QED) is 0.441. The van der Waals surface area contributed by atoms with Crippen molar-refractivity contribution in [2.24, 2.45) is 15.9 Å². The van der Waals surface area contributed by atoms with Gasteiger partial charge < -0.3 is 15.1 Å². The minimum Gasteiger partial charge on any atom is -0.358 e. The summed E-state index contributed by atoms with van der Waals surface area (Å²) < 4.78 is 0. The molecule has 0 aromatic carbocycles. The van der Waals surface area contributed by atoms with Crippen LogP contribution in [0.2, 0.25) is 0 Å². The van der Waals surface area contributed by atoms with Crippen LogP contribution in [0.4, 0.5) is 0 Å². The number of rotatable bonds is 6. The normalized spacial score (nSPS) is 22.9. The number of halogens is 1. The number of piperidine rings is 1. The maximum Gasteiger partial charge on any atom is 0.177 e. The zero-order chi connectivity index (χ0) is 24.4. The first-order valence-corrected chi connectivity index (χ1v) is 12.4. The third-order valence-corrected chi connectivity index (χ3v) is 6.97. The minimum absolute atomic E-state index is 0.135. The van der Waals surface area contributed by atoms with Crippen molar-refractivity contribution in [3.63, 3.8) is 0 Å². The molecule has 2 N–H and O–H groups in total. The summed E-state index contributed by atoms with van der Waals surface area (Å²) in [5.41, 5.74) is 5.91. The summed E-state index contributed by atoms with van der Waals surface area (Å²) in [5, 5.41) is 12.0. The lowest BCUT2D eigenvalue weighted by Gasteiger charge is -2.36. The second-order valence-electron chi connectivity index (χ2n) is 9.30. The van der Waals surface area contributed by atoms with Gasteiger partial charge in [-0.25, -0.2) is 4.99 Å². The monoisotopic (exact) mass is 480 g/mol. The summed E-state index contributed by atoms with van der Waals surface area (Å²) in [7, 11) is 2.16. The smallest absolute Gasteiger partial charge is 0.177 e.